The van der Waals surface area contributed by atoms with E-state index in [-0.39, 0.29) is 23.2 Å². The minimum atomic E-state index is -0.796. The summed E-state index contributed by atoms with van der Waals surface area (Å²) in [6, 6.07) is 3.06. The van der Waals surface area contributed by atoms with Crippen LogP contribution in [0.25, 0.3) is 11.0 Å². The topological polar surface area (TPSA) is 147 Å². The molecular formula is C20H21N7O3. The number of rotatable bonds is 3. The lowest BCUT2D eigenvalue weighted by molar-refractivity contribution is -0.146. The van der Waals surface area contributed by atoms with Crippen molar-refractivity contribution < 1.29 is 14.4 Å². The molecule has 2 atom stereocenters. The molecule has 0 unspecified atom stereocenters. The maximum atomic E-state index is 13.0. The number of primary amides is 1. The quantitative estimate of drug-likeness (QED) is 0.559. The van der Waals surface area contributed by atoms with Crippen LogP contribution in [0.15, 0.2) is 36.9 Å². The standard InChI is InChI=1S/C20H21N7O3/c1-11-2-3-16(12-4-14-8-24-26-18(14)23-7-12)27(10-11)20(30)19(29)25-15-5-13(17(21)28)6-22-9-15/h4-9,11,16H,2-3,10H2,1H3,(H2,21,28)(H,25,29)(H,23,24,26)/t11-,16+/m0/s1. The van der Waals surface area contributed by atoms with Crippen LogP contribution >= 0.6 is 0 Å². The second-order valence-electron chi connectivity index (χ2n) is 7.51. The summed E-state index contributed by atoms with van der Waals surface area (Å²) in [5, 5.41) is 10.1. The lowest BCUT2D eigenvalue weighted by atomic mass is 9.90. The van der Waals surface area contributed by atoms with Crippen LogP contribution in [0.3, 0.4) is 0 Å². The molecule has 154 valence electrons. The van der Waals surface area contributed by atoms with E-state index in [0.717, 1.165) is 23.8 Å². The number of anilines is 1. The van der Waals surface area contributed by atoms with Gasteiger partial charge in [0.05, 0.1) is 29.7 Å². The molecule has 1 fully saturated rings. The number of amides is 3. The Labute approximate surface area is 171 Å². The summed E-state index contributed by atoms with van der Waals surface area (Å²) in [5.74, 6) is -1.85. The Balaban J connectivity index is 1.56. The lowest BCUT2D eigenvalue weighted by Gasteiger charge is -2.38. The summed E-state index contributed by atoms with van der Waals surface area (Å²) in [4.78, 5) is 46.8. The van der Waals surface area contributed by atoms with E-state index < -0.39 is 17.7 Å². The Hall–Kier alpha value is -3.82. The fourth-order valence-electron chi connectivity index (χ4n) is 3.72. The van der Waals surface area contributed by atoms with Crippen molar-refractivity contribution in [2.45, 2.75) is 25.8 Å². The third kappa shape index (κ3) is 3.84. The molecule has 10 nitrogen and oxygen atoms in total. The van der Waals surface area contributed by atoms with Crippen molar-refractivity contribution >= 4 is 34.4 Å². The van der Waals surface area contributed by atoms with Crippen LogP contribution in [-0.2, 0) is 9.59 Å². The number of nitrogens with zero attached hydrogens (tertiary/aromatic N) is 4. The van der Waals surface area contributed by atoms with Crippen molar-refractivity contribution in [3.8, 4) is 0 Å². The Morgan fingerprint density at radius 2 is 2.00 bits per heavy atom. The third-order valence-electron chi connectivity index (χ3n) is 5.25. The molecule has 10 heteroatoms. The van der Waals surface area contributed by atoms with Gasteiger partial charge in [-0.1, -0.05) is 6.92 Å². The highest BCUT2D eigenvalue weighted by molar-refractivity contribution is 6.39. The van der Waals surface area contributed by atoms with Crippen molar-refractivity contribution in [3.63, 3.8) is 0 Å². The third-order valence-corrected chi connectivity index (χ3v) is 5.25. The highest BCUT2D eigenvalue weighted by Gasteiger charge is 2.34. The van der Waals surface area contributed by atoms with Crippen molar-refractivity contribution in [1.82, 2.24) is 25.1 Å². The van der Waals surface area contributed by atoms with Gasteiger partial charge in [-0.2, -0.15) is 5.10 Å². The van der Waals surface area contributed by atoms with E-state index in [2.05, 4.69) is 25.5 Å². The number of aromatic amines is 1. The Morgan fingerprint density at radius 1 is 1.17 bits per heavy atom. The molecule has 0 aromatic carbocycles. The fourth-order valence-corrected chi connectivity index (χ4v) is 3.72. The molecule has 0 saturated carbocycles. The van der Waals surface area contributed by atoms with Crippen LogP contribution in [0.1, 0.15) is 41.7 Å². The first-order chi connectivity index (χ1) is 14.4. The van der Waals surface area contributed by atoms with E-state index >= 15 is 0 Å². The number of fused-ring (bicyclic) bond motifs is 1. The molecule has 0 spiro atoms. The van der Waals surface area contributed by atoms with Crippen LogP contribution in [0.5, 0.6) is 0 Å². The lowest BCUT2D eigenvalue weighted by Crippen LogP contribution is -2.46. The van der Waals surface area contributed by atoms with Gasteiger partial charge in [0.15, 0.2) is 5.65 Å². The number of carbonyl (C=O) groups excluding carboxylic acids is 3. The molecule has 4 N–H and O–H groups in total. The summed E-state index contributed by atoms with van der Waals surface area (Å²) in [5.41, 5.74) is 7.14. The molecule has 30 heavy (non-hydrogen) atoms. The van der Waals surface area contributed by atoms with Crippen LogP contribution in [0.2, 0.25) is 0 Å². The van der Waals surface area contributed by atoms with E-state index in [1.165, 1.54) is 18.5 Å². The van der Waals surface area contributed by atoms with Gasteiger partial charge < -0.3 is 16.0 Å². The highest BCUT2D eigenvalue weighted by Crippen LogP contribution is 2.34. The van der Waals surface area contributed by atoms with E-state index in [1.54, 1.807) is 17.3 Å². The number of H-pyrrole nitrogens is 1. The predicted octanol–water partition coefficient (Wildman–Crippen LogP) is 1.39. The molecule has 1 saturated heterocycles. The molecule has 1 aliphatic rings. The second kappa shape index (κ2) is 7.90. The zero-order valence-corrected chi connectivity index (χ0v) is 16.3. The van der Waals surface area contributed by atoms with Crippen LogP contribution in [-0.4, -0.2) is 49.3 Å². The molecular weight excluding hydrogens is 386 g/mol. The Kier molecular flexibility index (Phi) is 5.13. The van der Waals surface area contributed by atoms with Crippen molar-refractivity contribution in [3.05, 3.63) is 48.0 Å². The first-order valence-corrected chi connectivity index (χ1v) is 9.58. The molecule has 3 amide bonds. The fraction of sp³-hybridized carbons (Fsp3) is 0.300. The van der Waals surface area contributed by atoms with Gasteiger partial charge in [0, 0.05) is 24.3 Å². The highest BCUT2D eigenvalue weighted by atomic mass is 16.2. The van der Waals surface area contributed by atoms with Gasteiger partial charge in [-0.05, 0) is 36.5 Å². The average Bonchev–Trinajstić information content (AvgIpc) is 3.21. The van der Waals surface area contributed by atoms with E-state index in [4.69, 9.17) is 5.73 Å². The zero-order chi connectivity index (χ0) is 21.3. The molecule has 0 aliphatic carbocycles. The number of nitrogens with one attached hydrogen (secondary N) is 2. The summed E-state index contributed by atoms with van der Waals surface area (Å²) in [6.45, 7) is 2.51. The Morgan fingerprint density at radius 3 is 2.80 bits per heavy atom. The van der Waals surface area contributed by atoms with Crippen LogP contribution in [0, 0.1) is 5.92 Å². The number of likely N-dealkylation sites (tertiary alicyclic amines) is 1. The summed E-state index contributed by atoms with van der Waals surface area (Å²) < 4.78 is 0. The number of nitrogens with two attached hydrogens (primary N) is 1. The molecule has 3 aromatic rings. The number of hydrogen-bond acceptors (Lipinski definition) is 6. The van der Waals surface area contributed by atoms with E-state index in [1.807, 2.05) is 13.0 Å². The molecule has 0 bridgehead atoms. The maximum absolute atomic E-state index is 13.0. The number of piperidine rings is 1. The first kappa shape index (κ1) is 19.5. The monoisotopic (exact) mass is 407 g/mol. The molecule has 0 radical (unpaired) electrons. The van der Waals surface area contributed by atoms with Gasteiger partial charge in [-0.25, -0.2) is 4.98 Å². The molecule has 4 heterocycles. The van der Waals surface area contributed by atoms with E-state index in [9.17, 15) is 14.4 Å². The summed E-state index contributed by atoms with van der Waals surface area (Å²) >= 11 is 0. The largest absolute Gasteiger partial charge is 0.366 e. The maximum Gasteiger partial charge on any atom is 0.313 e. The minimum Gasteiger partial charge on any atom is -0.366 e. The normalized spacial score (nSPS) is 18.9. The molecule has 1 aliphatic heterocycles. The first-order valence-electron chi connectivity index (χ1n) is 9.58. The minimum absolute atomic E-state index is 0.143. The van der Waals surface area contributed by atoms with E-state index in [0.29, 0.717) is 12.2 Å². The smallest absolute Gasteiger partial charge is 0.313 e. The van der Waals surface area contributed by atoms with Gasteiger partial charge in [-0.15, -0.1) is 0 Å². The van der Waals surface area contributed by atoms with Gasteiger partial charge in [0.1, 0.15) is 0 Å². The SMILES string of the molecule is C[C@H]1CC[C@H](c2cnc3[nH]ncc3c2)N(C(=O)C(=O)Nc2cncc(C(N)=O)c2)C1. The van der Waals surface area contributed by atoms with Crippen molar-refractivity contribution in [2.75, 3.05) is 11.9 Å². The van der Waals surface area contributed by atoms with Crippen molar-refractivity contribution in [1.29, 1.82) is 0 Å². The van der Waals surface area contributed by atoms with Gasteiger partial charge in [-0.3, -0.25) is 24.5 Å². The number of carbonyl (C=O) groups is 3. The summed E-state index contributed by atoms with van der Waals surface area (Å²) in [6.07, 6.45) is 7.69. The van der Waals surface area contributed by atoms with Gasteiger partial charge in [0.25, 0.3) is 0 Å². The van der Waals surface area contributed by atoms with Gasteiger partial charge >= 0.3 is 11.8 Å². The number of aromatic nitrogens is 4. The zero-order valence-electron chi connectivity index (χ0n) is 16.3. The number of pyridine rings is 2. The average molecular weight is 407 g/mol. The number of hydrogen-bond donors (Lipinski definition) is 3. The second-order valence-corrected chi connectivity index (χ2v) is 7.51. The Bertz CT molecular complexity index is 1130. The van der Waals surface area contributed by atoms with Crippen molar-refractivity contribution in [2.24, 2.45) is 11.7 Å². The summed E-state index contributed by atoms with van der Waals surface area (Å²) in [7, 11) is 0. The van der Waals surface area contributed by atoms with Gasteiger partial charge in [0.2, 0.25) is 5.91 Å². The van der Waals surface area contributed by atoms with Crippen LogP contribution in [0.4, 0.5) is 5.69 Å². The molecule has 4 rings (SSSR count). The predicted molar refractivity (Wildman–Crippen MR) is 108 cm³/mol. The van der Waals surface area contributed by atoms with Crippen LogP contribution < -0.4 is 11.1 Å². The molecule has 3 aromatic heterocycles.